The predicted octanol–water partition coefficient (Wildman–Crippen LogP) is 0.514. The average Bonchev–Trinajstić information content (AvgIpc) is 2.19. The molecular weight excluding hydrogens is 176 g/mol. The molecule has 1 rings (SSSR count). The Morgan fingerprint density at radius 1 is 1.79 bits per heavy atom. The van der Waals surface area contributed by atoms with E-state index in [4.69, 9.17) is 6.42 Å². The van der Waals surface area contributed by atoms with E-state index in [-0.39, 0.29) is 11.9 Å². The van der Waals surface area contributed by atoms with Crippen LogP contribution in [0, 0.1) is 18.3 Å². The van der Waals surface area contributed by atoms with Crippen molar-refractivity contribution >= 4 is 5.91 Å². The van der Waals surface area contributed by atoms with Gasteiger partial charge in [-0.3, -0.25) is 4.79 Å². The molecule has 0 saturated carbocycles. The fourth-order valence-electron chi connectivity index (χ4n) is 1.70. The highest BCUT2D eigenvalue weighted by Crippen LogP contribution is 2.13. The molecule has 1 fully saturated rings. The number of nitrogens with one attached hydrogen (secondary N) is 2. The van der Waals surface area contributed by atoms with Crippen LogP contribution in [0.4, 0.5) is 0 Å². The number of carbonyl (C=O) groups is 1. The van der Waals surface area contributed by atoms with Crippen molar-refractivity contribution in [1.29, 1.82) is 0 Å². The first-order valence-corrected chi connectivity index (χ1v) is 5.18. The van der Waals surface area contributed by atoms with E-state index in [0.717, 1.165) is 19.5 Å². The maximum Gasteiger partial charge on any atom is 0.221 e. The van der Waals surface area contributed by atoms with E-state index in [1.54, 1.807) is 0 Å². The fourth-order valence-corrected chi connectivity index (χ4v) is 1.70. The zero-order valence-corrected chi connectivity index (χ0v) is 8.68. The molecule has 1 saturated heterocycles. The number of hydrogen-bond acceptors (Lipinski definition) is 2. The second-order valence-corrected chi connectivity index (χ2v) is 3.87. The molecule has 3 nitrogen and oxygen atoms in total. The summed E-state index contributed by atoms with van der Waals surface area (Å²) in [4.78, 5) is 11.4. The Balaban J connectivity index is 2.22. The highest BCUT2D eigenvalue weighted by atomic mass is 16.1. The van der Waals surface area contributed by atoms with Crippen molar-refractivity contribution in [2.24, 2.45) is 5.92 Å². The van der Waals surface area contributed by atoms with Crippen LogP contribution in [-0.2, 0) is 4.79 Å². The second kappa shape index (κ2) is 5.66. The van der Waals surface area contributed by atoms with E-state index >= 15 is 0 Å². The van der Waals surface area contributed by atoms with Crippen molar-refractivity contribution in [1.82, 2.24) is 10.6 Å². The Bertz CT molecular complexity index is 226. The van der Waals surface area contributed by atoms with E-state index in [9.17, 15) is 4.79 Å². The zero-order valence-electron chi connectivity index (χ0n) is 8.68. The SMILES string of the molecule is C#CC(C)NC(=O)CC1CCCNC1. The van der Waals surface area contributed by atoms with Gasteiger partial charge in [-0.25, -0.2) is 0 Å². The Morgan fingerprint density at radius 2 is 2.57 bits per heavy atom. The lowest BCUT2D eigenvalue weighted by atomic mass is 9.96. The van der Waals surface area contributed by atoms with Crippen LogP contribution in [0.3, 0.4) is 0 Å². The molecule has 78 valence electrons. The Hall–Kier alpha value is -1.01. The van der Waals surface area contributed by atoms with Gasteiger partial charge in [0.2, 0.25) is 5.91 Å². The first-order chi connectivity index (χ1) is 6.72. The van der Waals surface area contributed by atoms with Crippen LogP contribution in [0.1, 0.15) is 26.2 Å². The molecule has 0 bridgehead atoms. The van der Waals surface area contributed by atoms with Gasteiger partial charge in [-0.15, -0.1) is 6.42 Å². The van der Waals surface area contributed by atoms with Crippen molar-refractivity contribution < 1.29 is 4.79 Å². The zero-order chi connectivity index (χ0) is 10.4. The van der Waals surface area contributed by atoms with Gasteiger partial charge in [-0.1, -0.05) is 5.92 Å². The number of amides is 1. The quantitative estimate of drug-likeness (QED) is 0.643. The van der Waals surface area contributed by atoms with Crippen LogP contribution in [0.2, 0.25) is 0 Å². The van der Waals surface area contributed by atoms with E-state index in [0.29, 0.717) is 12.3 Å². The molecule has 0 spiro atoms. The Kier molecular flexibility index (Phi) is 4.48. The molecule has 0 aromatic carbocycles. The average molecular weight is 194 g/mol. The van der Waals surface area contributed by atoms with Gasteiger partial charge in [0.25, 0.3) is 0 Å². The smallest absolute Gasteiger partial charge is 0.221 e. The molecule has 0 aliphatic carbocycles. The Morgan fingerprint density at radius 3 is 3.14 bits per heavy atom. The summed E-state index contributed by atoms with van der Waals surface area (Å²) in [6.07, 6.45) is 8.09. The van der Waals surface area contributed by atoms with Gasteiger partial charge in [0.05, 0.1) is 6.04 Å². The van der Waals surface area contributed by atoms with Gasteiger partial charge in [-0.2, -0.15) is 0 Å². The van der Waals surface area contributed by atoms with Crippen LogP contribution in [0.25, 0.3) is 0 Å². The highest BCUT2D eigenvalue weighted by Gasteiger charge is 2.16. The molecule has 0 aromatic rings. The third-order valence-electron chi connectivity index (χ3n) is 2.50. The second-order valence-electron chi connectivity index (χ2n) is 3.87. The van der Waals surface area contributed by atoms with Gasteiger partial charge in [-0.05, 0) is 38.8 Å². The number of terminal acetylenes is 1. The molecule has 3 heteroatoms. The maximum atomic E-state index is 11.4. The standard InChI is InChI=1S/C11H18N2O/c1-3-9(2)13-11(14)7-10-5-4-6-12-8-10/h1,9-10,12H,4-8H2,2H3,(H,13,14). The normalized spacial score (nSPS) is 23.6. The van der Waals surface area contributed by atoms with Gasteiger partial charge < -0.3 is 10.6 Å². The summed E-state index contributed by atoms with van der Waals surface area (Å²) in [6.45, 7) is 3.85. The highest BCUT2D eigenvalue weighted by molar-refractivity contribution is 5.76. The summed E-state index contributed by atoms with van der Waals surface area (Å²) in [5.74, 6) is 3.04. The summed E-state index contributed by atoms with van der Waals surface area (Å²) in [5.41, 5.74) is 0. The van der Waals surface area contributed by atoms with Gasteiger partial charge in [0, 0.05) is 6.42 Å². The molecule has 2 N–H and O–H groups in total. The minimum absolute atomic E-state index is 0.0733. The van der Waals surface area contributed by atoms with Gasteiger partial charge in [0.15, 0.2) is 0 Å². The summed E-state index contributed by atoms with van der Waals surface area (Å²) in [5, 5.41) is 6.06. The molecule has 0 aromatic heterocycles. The first-order valence-electron chi connectivity index (χ1n) is 5.18. The predicted molar refractivity (Wildman–Crippen MR) is 56.6 cm³/mol. The Labute approximate surface area is 85.6 Å². The minimum atomic E-state index is -0.154. The van der Waals surface area contributed by atoms with Crippen molar-refractivity contribution in [3.8, 4) is 12.3 Å². The number of carbonyl (C=O) groups excluding carboxylic acids is 1. The molecule has 2 unspecified atom stereocenters. The van der Waals surface area contributed by atoms with Crippen LogP contribution in [0.5, 0.6) is 0 Å². The molecule has 0 radical (unpaired) electrons. The summed E-state index contributed by atoms with van der Waals surface area (Å²) >= 11 is 0. The van der Waals surface area contributed by atoms with Crippen molar-refractivity contribution in [3.63, 3.8) is 0 Å². The monoisotopic (exact) mass is 194 g/mol. The fraction of sp³-hybridized carbons (Fsp3) is 0.727. The van der Waals surface area contributed by atoms with Crippen molar-refractivity contribution in [2.45, 2.75) is 32.2 Å². The van der Waals surface area contributed by atoms with Crippen LogP contribution >= 0.6 is 0 Å². The molecule has 1 amide bonds. The lowest BCUT2D eigenvalue weighted by Gasteiger charge is -2.22. The first kappa shape index (κ1) is 11.1. The lowest BCUT2D eigenvalue weighted by molar-refractivity contribution is -0.122. The van der Waals surface area contributed by atoms with E-state index in [2.05, 4.69) is 16.6 Å². The summed E-state index contributed by atoms with van der Waals surface area (Å²) in [6, 6.07) is -0.154. The molecule has 2 atom stereocenters. The van der Waals surface area contributed by atoms with E-state index in [1.807, 2.05) is 6.92 Å². The van der Waals surface area contributed by atoms with Crippen molar-refractivity contribution in [2.75, 3.05) is 13.1 Å². The number of hydrogen-bond donors (Lipinski definition) is 2. The minimum Gasteiger partial charge on any atom is -0.343 e. The largest absolute Gasteiger partial charge is 0.343 e. The van der Waals surface area contributed by atoms with Gasteiger partial charge >= 0.3 is 0 Å². The van der Waals surface area contributed by atoms with E-state index in [1.165, 1.54) is 6.42 Å². The third-order valence-corrected chi connectivity index (χ3v) is 2.50. The lowest BCUT2D eigenvalue weighted by Crippen LogP contribution is -2.36. The van der Waals surface area contributed by atoms with Crippen LogP contribution < -0.4 is 10.6 Å². The molecule has 1 aliphatic heterocycles. The van der Waals surface area contributed by atoms with Crippen LogP contribution in [0.15, 0.2) is 0 Å². The molecular formula is C11H18N2O. The maximum absolute atomic E-state index is 11.4. The number of piperidine rings is 1. The third kappa shape index (κ3) is 3.80. The molecule has 1 aliphatic rings. The summed E-state index contributed by atoms with van der Waals surface area (Å²) in [7, 11) is 0. The van der Waals surface area contributed by atoms with Gasteiger partial charge in [0.1, 0.15) is 0 Å². The van der Waals surface area contributed by atoms with E-state index < -0.39 is 0 Å². The van der Waals surface area contributed by atoms with Crippen molar-refractivity contribution in [3.05, 3.63) is 0 Å². The summed E-state index contributed by atoms with van der Waals surface area (Å²) < 4.78 is 0. The molecule has 14 heavy (non-hydrogen) atoms. The van der Waals surface area contributed by atoms with Crippen LogP contribution in [-0.4, -0.2) is 25.0 Å². The number of rotatable bonds is 3. The molecule has 1 heterocycles. The topological polar surface area (TPSA) is 41.1 Å².